The first-order valence-electron chi connectivity index (χ1n) is 5.39. The average Bonchev–Trinajstić information content (AvgIpc) is 2.33. The lowest BCUT2D eigenvalue weighted by molar-refractivity contribution is 0.102. The van der Waals surface area contributed by atoms with Crippen molar-refractivity contribution in [1.82, 2.24) is 0 Å². The molecule has 0 aliphatic carbocycles. The van der Waals surface area contributed by atoms with Crippen LogP contribution < -0.4 is 5.32 Å². The number of nitrogens with one attached hydrogen (secondary N) is 1. The minimum atomic E-state index is -0.0933. The monoisotopic (exact) mass is 415 g/mol. The van der Waals surface area contributed by atoms with Crippen molar-refractivity contribution in [2.24, 2.45) is 0 Å². The van der Waals surface area contributed by atoms with Crippen molar-refractivity contribution in [3.63, 3.8) is 0 Å². The van der Waals surface area contributed by atoms with E-state index in [0.717, 1.165) is 13.7 Å². The zero-order valence-electron chi connectivity index (χ0n) is 9.71. The number of amides is 1. The van der Waals surface area contributed by atoms with Gasteiger partial charge in [0.15, 0.2) is 0 Å². The van der Waals surface area contributed by atoms with E-state index in [1.807, 2.05) is 37.3 Å². The van der Waals surface area contributed by atoms with Gasteiger partial charge in [-0.2, -0.15) is 0 Å². The molecule has 0 fully saturated rings. The number of carbonyl (C=O) groups excluding carboxylic acids is 1. The van der Waals surface area contributed by atoms with E-state index >= 15 is 0 Å². The van der Waals surface area contributed by atoms with Gasteiger partial charge in [-0.15, -0.1) is 0 Å². The number of aryl methyl sites for hydroxylation is 1. The van der Waals surface area contributed by atoms with Crippen LogP contribution in [-0.2, 0) is 0 Å². The molecule has 2 aromatic carbocycles. The molecular weight excluding hydrogens is 405 g/mol. The summed E-state index contributed by atoms with van der Waals surface area (Å²) in [6.45, 7) is 2.03. The maximum absolute atomic E-state index is 12.0. The van der Waals surface area contributed by atoms with Gasteiger partial charge in [-0.05, 0) is 71.5 Å². The molecule has 92 valence electrons. The predicted octanol–water partition coefficient (Wildman–Crippen LogP) is 4.61. The molecule has 0 aromatic heterocycles. The Hall–Kier alpha value is -0.880. The highest BCUT2D eigenvalue weighted by Crippen LogP contribution is 2.20. The topological polar surface area (TPSA) is 29.1 Å². The zero-order valence-corrected chi connectivity index (χ0v) is 13.4. The van der Waals surface area contributed by atoms with Crippen molar-refractivity contribution in [3.05, 3.63) is 61.6 Å². The molecule has 0 saturated carbocycles. The second kappa shape index (κ2) is 5.84. The van der Waals surface area contributed by atoms with Crippen LogP contribution in [0.15, 0.2) is 46.9 Å². The van der Waals surface area contributed by atoms with Gasteiger partial charge >= 0.3 is 0 Å². The molecular formula is C14H11BrINO. The van der Waals surface area contributed by atoms with E-state index in [2.05, 4.69) is 43.8 Å². The molecule has 1 amide bonds. The van der Waals surface area contributed by atoms with Crippen LogP contribution in [0.4, 0.5) is 5.69 Å². The summed E-state index contributed by atoms with van der Waals surface area (Å²) in [6, 6.07) is 13.2. The maximum Gasteiger partial charge on any atom is 0.255 e. The van der Waals surface area contributed by atoms with Crippen molar-refractivity contribution >= 4 is 50.1 Å². The Labute approximate surface area is 128 Å². The van der Waals surface area contributed by atoms with E-state index in [-0.39, 0.29) is 5.91 Å². The molecule has 0 atom stereocenters. The Morgan fingerprint density at radius 1 is 1.17 bits per heavy atom. The van der Waals surface area contributed by atoms with Crippen LogP contribution in [0.2, 0.25) is 0 Å². The van der Waals surface area contributed by atoms with E-state index in [1.165, 1.54) is 5.56 Å². The van der Waals surface area contributed by atoms with E-state index in [4.69, 9.17) is 0 Å². The molecule has 0 spiro atoms. The fourth-order valence-electron chi connectivity index (χ4n) is 1.52. The molecule has 2 aromatic rings. The maximum atomic E-state index is 12.0. The first kappa shape index (κ1) is 13.5. The summed E-state index contributed by atoms with van der Waals surface area (Å²) >= 11 is 5.57. The molecule has 0 unspecified atom stereocenters. The third-order valence-electron chi connectivity index (χ3n) is 2.48. The summed E-state index contributed by atoms with van der Waals surface area (Å²) in [5.41, 5.74) is 2.67. The van der Waals surface area contributed by atoms with Gasteiger partial charge in [0.2, 0.25) is 0 Å². The molecule has 1 N–H and O–H groups in total. The van der Waals surface area contributed by atoms with Crippen molar-refractivity contribution < 1.29 is 4.79 Å². The summed E-state index contributed by atoms with van der Waals surface area (Å²) in [4.78, 5) is 12.0. The third kappa shape index (κ3) is 3.32. The van der Waals surface area contributed by atoms with Gasteiger partial charge in [-0.25, -0.2) is 0 Å². The van der Waals surface area contributed by atoms with Gasteiger partial charge in [0.1, 0.15) is 0 Å². The summed E-state index contributed by atoms with van der Waals surface area (Å²) < 4.78 is 2.00. The van der Waals surface area contributed by atoms with Crippen LogP contribution in [-0.4, -0.2) is 5.91 Å². The molecule has 2 rings (SSSR count). The number of hydrogen-bond donors (Lipinski definition) is 1. The Kier molecular flexibility index (Phi) is 4.40. The molecule has 0 bridgehead atoms. The van der Waals surface area contributed by atoms with Gasteiger partial charge in [0.25, 0.3) is 5.91 Å². The lowest BCUT2D eigenvalue weighted by atomic mass is 10.2. The Morgan fingerprint density at radius 3 is 2.44 bits per heavy atom. The quantitative estimate of drug-likeness (QED) is 0.712. The van der Waals surface area contributed by atoms with Crippen LogP contribution in [0.1, 0.15) is 15.9 Å². The van der Waals surface area contributed by atoms with Gasteiger partial charge in [-0.3, -0.25) is 4.79 Å². The molecule has 4 heteroatoms. The Morgan fingerprint density at radius 2 is 1.83 bits per heavy atom. The second-order valence-electron chi connectivity index (χ2n) is 3.94. The van der Waals surface area contributed by atoms with Crippen molar-refractivity contribution in [2.45, 2.75) is 6.92 Å². The second-order valence-corrected chi connectivity index (χ2v) is 6.02. The summed E-state index contributed by atoms with van der Waals surface area (Å²) in [7, 11) is 0. The van der Waals surface area contributed by atoms with E-state index < -0.39 is 0 Å². The molecule has 0 saturated heterocycles. The van der Waals surface area contributed by atoms with E-state index in [1.54, 1.807) is 12.1 Å². The minimum Gasteiger partial charge on any atom is -0.321 e. The highest BCUT2D eigenvalue weighted by atomic mass is 127. The van der Waals surface area contributed by atoms with Crippen LogP contribution in [0, 0.1) is 10.5 Å². The average molecular weight is 416 g/mol. The number of halogens is 2. The van der Waals surface area contributed by atoms with E-state index in [9.17, 15) is 4.79 Å². The summed E-state index contributed by atoms with van der Waals surface area (Å²) in [5, 5.41) is 2.91. The molecule has 0 radical (unpaired) electrons. The van der Waals surface area contributed by atoms with Crippen LogP contribution in [0.5, 0.6) is 0 Å². The van der Waals surface area contributed by atoms with Crippen LogP contribution in [0.3, 0.4) is 0 Å². The number of hydrogen-bond acceptors (Lipinski definition) is 1. The van der Waals surface area contributed by atoms with Gasteiger partial charge in [-0.1, -0.05) is 22.0 Å². The highest BCUT2D eigenvalue weighted by Gasteiger charge is 2.07. The largest absolute Gasteiger partial charge is 0.321 e. The van der Waals surface area contributed by atoms with Crippen molar-refractivity contribution in [3.8, 4) is 0 Å². The minimum absolute atomic E-state index is 0.0933. The fourth-order valence-corrected chi connectivity index (χ4v) is 2.59. The lowest BCUT2D eigenvalue weighted by Gasteiger charge is -2.08. The number of anilines is 1. The predicted molar refractivity (Wildman–Crippen MR) is 86.0 cm³/mol. The van der Waals surface area contributed by atoms with Crippen molar-refractivity contribution in [1.29, 1.82) is 0 Å². The number of benzene rings is 2. The molecule has 0 aliphatic heterocycles. The third-order valence-corrected chi connectivity index (χ3v) is 3.90. The van der Waals surface area contributed by atoms with Gasteiger partial charge in [0.05, 0.1) is 5.69 Å². The lowest BCUT2D eigenvalue weighted by Crippen LogP contribution is -2.12. The van der Waals surface area contributed by atoms with Crippen LogP contribution >= 0.6 is 38.5 Å². The standard InChI is InChI=1S/C14H11BrINO/c1-9-2-7-13(12(16)8-9)17-14(18)10-3-5-11(15)6-4-10/h2-8H,1H3,(H,17,18). The Balaban J connectivity index is 2.18. The summed E-state index contributed by atoms with van der Waals surface area (Å²) in [5.74, 6) is -0.0933. The smallest absolute Gasteiger partial charge is 0.255 e. The molecule has 0 heterocycles. The molecule has 0 aliphatic rings. The Bertz CT molecular complexity index is 581. The van der Waals surface area contributed by atoms with E-state index in [0.29, 0.717) is 5.56 Å². The van der Waals surface area contributed by atoms with Crippen molar-refractivity contribution in [2.75, 3.05) is 5.32 Å². The highest BCUT2D eigenvalue weighted by molar-refractivity contribution is 14.1. The first-order valence-corrected chi connectivity index (χ1v) is 7.26. The van der Waals surface area contributed by atoms with Gasteiger partial charge < -0.3 is 5.32 Å². The molecule has 2 nitrogen and oxygen atoms in total. The van der Waals surface area contributed by atoms with Crippen LogP contribution in [0.25, 0.3) is 0 Å². The SMILES string of the molecule is Cc1ccc(NC(=O)c2ccc(Br)cc2)c(I)c1. The molecule has 18 heavy (non-hydrogen) atoms. The number of carbonyl (C=O) groups is 1. The first-order chi connectivity index (χ1) is 8.56. The fraction of sp³-hybridized carbons (Fsp3) is 0.0714. The van der Waals surface area contributed by atoms with Gasteiger partial charge in [0, 0.05) is 13.6 Å². The normalized spacial score (nSPS) is 10.2. The number of rotatable bonds is 2. The summed E-state index contributed by atoms with van der Waals surface area (Å²) in [6.07, 6.45) is 0. The zero-order chi connectivity index (χ0) is 13.1.